The zero-order valence-electron chi connectivity index (χ0n) is 9.75. The fourth-order valence-corrected chi connectivity index (χ4v) is 2.27. The first kappa shape index (κ1) is 11.8. The van der Waals surface area contributed by atoms with E-state index in [1.165, 1.54) is 15.9 Å². The number of carbonyl (C=O) groups is 1. The summed E-state index contributed by atoms with van der Waals surface area (Å²) in [5.41, 5.74) is 0. The van der Waals surface area contributed by atoms with Gasteiger partial charge in [0.15, 0.2) is 0 Å². The summed E-state index contributed by atoms with van der Waals surface area (Å²) in [6.45, 7) is 4.41. The van der Waals surface area contributed by atoms with Crippen molar-refractivity contribution in [2.24, 2.45) is 0 Å². The molecule has 17 heavy (non-hydrogen) atoms. The highest BCUT2D eigenvalue weighted by atomic mass is 32.1. The monoisotopic (exact) mass is 250 g/mol. The van der Waals surface area contributed by atoms with Crippen molar-refractivity contribution in [3.8, 4) is 0 Å². The van der Waals surface area contributed by atoms with Gasteiger partial charge in [0.25, 0.3) is 0 Å². The number of amides is 1. The first-order valence-corrected chi connectivity index (χ1v) is 6.15. The predicted octanol–water partition coefficient (Wildman–Crippen LogP) is 1.53. The average molecular weight is 250 g/mol. The van der Waals surface area contributed by atoms with E-state index in [1.54, 1.807) is 24.6 Å². The molecule has 2 aromatic rings. The van der Waals surface area contributed by atoms with Crippen LogP contribution in [-0.4, -0.2) is 20.7 Å². The van der Waals surface area contributed by atoms with Crippen LogP contribution in [-0.2, 0) is 11.3 Å². The van der Waals surface area contributed by atoms with Crippen LogP contribution in [0.1, 0.15) is 22.7 Å². The summed E-state index contributed by atoms with van der Waals surface area (Å²) in [6, 6.07) is 3.74. The van der Waals surface area contributed by atoms with Crippen LogP contribution >= 0.6 is 11.3 Å². The van der Waals surface area contributed by atoms with Gasteiger partial charge < -0.3 is 5.32 Å². The lowest BCUT2D eigenvalue weighted by Gasteiger charge is -2.11. The van der Waals surface area contributed by atoms with E-state index < -0.39 is 0 Å². The molecule has 0 aliphatic heterocycles. The topological polar surface area (TPSA) is 59.8 Å². The third-order valence-corrected chi connectivity index (χ3v) is 3.45. The van der Waals surface area contributed by atoms with Crippen LogP contribution in [0.4, 0.5) is 0 Å². The number of nitrogens with zero attached hydrogens (tertiary/aromatic N) is 3. The first-order chi connectivity index (χ1) is 8.16. The lowest BCUT2D eigenvalue weighted by Crippen LogP contribution is -2.30. The average Bonchev–Trinajstić information content (AvgIpc) is 2.95. The molecule has 1 atom stereocenters. The third kappa shape index (κ3) is 2.91. The molecule has 0 fully saturated rings. The standard InChI is InChI=1S/C11H14N4OS/c1-8-3-4-10(17-8)5-13-11(16)9(2)15-7-12-6-14-15/h3-4,6-7,9H,5H2,1-2H3,(H,13,16)/t9-/m0/s1. The summed E-state index contributed by atoms with van der Waals surface area (Å²) in [5, 5.41) is 6.83. The number of hydrogen-bond donors (Lipinski definition) is 1. The molecule has 1 N–H and O–H groups in total. The van der Waals surface area contributed by atoms with Gasteiger partial charge in [-0.25, -0.2) is 9.67 Å². The van der Waals surface area contributed by atoms with Crippen LogP contribution in [0.25, 0.3) is 0 Å². The normalized spacial score (nSPS) is 12.4. The van der Waals surface area contributed by atoms with Gasteiger partial charge in [-0.3, -0.25) is 4.79 Å². The summed E-state index contributed by atoms with van der Waals surface area (Å²) < 4.78 is 1.54. The van der Waals surface area contributed by atoms with E-state index in [0.717, 1.165) is 4.88 Å². The van der Waals surface area contributed by atoms with Crippen LogP contribution in [0.2, 0.25) is 0 Å². The summed E-state index contributed by atoms with van der Waals surface area (Å²) in [4.78, 5) is 18.1. The smallest absolute Gasteiger partial charge is 0.244 e. The molecule has 0 aromatic carbocycles. The number of aryl methyl sites for hydroxylation is 1. The number of aromatic nitrogens is 3. The van der Waals surface area contributed by atoms with Crippen molar-refractivity contribution in [1.82, 2.24) is 20.1 Å². The zero-order chi connectivity index (χ0) is 12.3. The van der Waals surface area contributed by atoms with Gasteiger partial charge in [-0.1, -0.05) is 0 Å². The van der Waals surface area contributed by atoms with Crippen molar-refractivity contribution < 1.29 is 4.79 Å². The van der Waals surface area contributed by atoms with Crippen molar-refractivity contribution in [2.75, 3.05) is 0 Å². The molecule has 5 nitrogen and oxygen atoms in total. The second-order valence-corrected chi connectivity index (χ2v) is 5.15. The SMILES string of the molecule is Cc1ccc(CNC(=O)[C@H](C)n2cncn2)s1. The minimum atomic E-state index is -0.335. The summed E-state index contributed by atoms with van der Waals surface area (Å²) in [7, 11) is 0. The van der Waals surface area contributed by atoms with Crippen molar-refractivity contribution >= 4 is 17.2 Å². The molecule has 2 aromatic heterocycles. The lowest BCUT2D eigenvalue weighted by molar-refractivity contribution is -0.124. The Hall–Kier alpha value is -1.69. The van der Waals surface area contributed by atoms with E-state index in [9.17, 15) is 4.79 Å². The fourth-order valence-electron chi connectivity index (χ4n) is 1.44. The molecule has 2 heterocycles. The molecule has 2 rings (SSSR count). The summed E-state index contributed by atoms with van der Waals surface area (Å²) in [5.74, 6) is -0.0541. The Morgan fingerprint density at radius 2 is 2.41 bits per heavy atom. The Bertz CT molecular complexity index is 491. The van der Waals surface area contributed by atoms with E-state index in [2.05, 4.69) is 15.4 Å². The molecular weight excluding hydrogens is 236 g/mol. The quantitative estimate of drug-likeness (QED) is 0.895. The molecule has 0 saturated carbocycles. The van der Waals surface area contributed by atoms with Crippen molar-refractivity contribution in [1.29, 1.82) is 0 Å². The Morgan fingerprint density at radius 1 is 1.59 bits per heavy atom. The van der Waals surface area contributed by atoms with Crippen LogP contribution in [0, 0.1) is 6.92 Å². The molecule has 90 valence electrons. The van der Waals surface area contributed by atoms with E-state index in [4.69, 9.17) is 0 Å². The fraction of sp³-hybridized carbons (Fsp3) is 0.364. The number of rotatable bonds is 4. The highest BCUT2D eigenvalue weighted by Gasteiger charge is 2.14. The molecule has 0 aliphatic carbocycles. The molecule has 0 bridgehead atoms. The minimum Gasteiger partial charge on any atom is -0.349 e. The maximum Gasteiger partial charge on any atom is 0.244 e. The van der Waals surface area contributed by atoms with E-state index in [-0.39, 0.29) is 11.9 Å². The molecule has 0 unspecified atom stereocenters. The maximum atomic E-state index is 11.8. The van der Waals surface area contributed by atoms with Crippen molar-refractivity contribution in [2.45, 2.75) is 26.4 Å². The van der Waals surface area contributed by atoms with Crippen LogP contribution in [0.3, 0.4) is 0 Å². The molecule has 1 amide bonds. The molecule has 0 spiro atoms. The van der Waals surface area contributed by atoms with Gasteiger partial charge in [0.05, 0.1) is 6.54 Å². The van der Waals surface area contributed by atoms with Crippen molar-refractivity contribution in [3.63, 3.8) is 0 Å². The van der Waals surface area contributed by atoms with Crippen LogP contribution < -0.4 is 5.32 Å². The van der Waals surface area contributed by atoms with E-state index in [1.807, 2.05) is 19.1 Å². The zero-order valence-corrected chi connectivity index (χ0v) is 10.6. The van der Waals surface area contributed by atoms with Gasteiger partial charge >= 0.3 is 0 Å². The highest BCUT2D eigenvalue weighted by molar-refractivity contribution is 7.11. The summed E-state index contributed by atoms with van der Waals surface area (Å²) in [6.07, 6.45) is 2.96. The molecule has 0 radical (unpaired) electrons. The van der Waals surface area contributed by atoms with Gasteiger partial charge in [-0.15, -0.1) is 11.3 Å². The maximum absolute atomic E-state index is 11.8. The second-order valence-electron chi connectivity index (χ2n) is 3.78. The van der Waals surface area contributed by atoms with Crippen LogP contribution in [0.5, 0.6) is 0 Å². The molecule has 0 saturated heterocycles. The molecular formula is C11H14N4OS. The van der Waals surface area contributed by atoms with Crippen molar-refractivity contribution in [3.05, 3.63) is 34.5 Å². The van der Waals surface area contributed by atoms with E-state index >= 15 is 0 Å². The summed E-state index contributed by atoms with van der Waals surface area (Å²) >= 11 is 1.69. The van der Waals surface area contributed by atoms with Gasteiger partial charge in [0, 0.05) is 9.75 Å². The number of carbonyl (C=O) groups excluding carboxylic acids is 1. The van der Waals surface area contributed by atoms with Crippen LogP contribution in [0.15, 0.2) is 24.8 Å². The third-order valence-electron chi connectivity index (χ3n) is 2.45. The predicted molar refractivity (Wildman–Crippen MR) is 65.6 cm³/mol. The van der Waals surface area contributed by atoms with Gasteiger partial charge in [0.1, 0.15) is 18.7 Å². The Labute approximate surface area is 103 Å². The molecule has 0 aliphatic rings. The Balaban J connectivity index is 1.89. The largest absolute Gasteiger partial charge is 0.349 e. The second kappa shape index (κ2) is 5.09. The Kier molecular flexibility index (Phi) is 3.53. The number of thiophene rings is 1. The number of nitrogens with one attached hydrogen (secondary N) is 1. The first-order valence-electron chi connectivity index (χ1n) is 5.34. The highest BCUT2D eigenvalue weighted by Crippen LogP contribution is 2.14. The van der Waals surface area contributed by atoms with Gasteiger partial charge in [-0.2, -0.15) is 5.10 Å². The van der Waals surface area contributed by atoms with E-state index in [0.29, 0.717) is 6.54 Å². The van der Waals surface area contributed by atoms with Gasteiger partial charge in [0.2, 0.25) is 5.91 Å². The Morgan fingerprint density at radius 3 is 3.00 bits per heavy atom. The minimum absolute atomic E-state index is 0.0541. The van der Waals surface area contributed by atoms with Gasteiger partial charge in [-0.05, 0) is 26.0 Å². The number of hydrogen-bond acceptors (Lipinski definition) is 4. The molecule has 6 heteroatoms. The lowest BCUT2D eigenvalue weighted by atomic mass is 10.3.